The second-order valence-electron chi connectivity index (χ2n) is 8.67. The van der Waals surface area contributed by atoms with E-state index >= 15 is 0 Å². The molecule has 174 valence electrons. The van der Waals surface area contributed by atoms with E-state index in [1.807, 2.05) is 32.0 Å². The summed E-state index contributed by atoms with van der Waals surface area (Å²) in [5.41, 5.74) is 3.15. The largest absolute Gasteiger partial charge is 0.491 e. The molecule has 0 N–H and O–H groups in total. The van der Waals surface area contributed by atoms with E-state index in [0.29, 0.717) is 12.2 Å². The molecular formula is C28H29F3O2. The molecule has 2 nitrogen and oxygen atoms in total. The third-order valence-corrected chi connectivity index (χ3v) is 6.40. The summed E-state index contributed by atoms with van der Waals surface area (Å²) >= 11 is 0. The zero-order valence-electron chi connectivity index (χ0n) is 19.0. The molecule has 1 aliphatic rings. The van der Waals surface area contributed by atoms with E-state index in [-0.39, 0.29) is 41.3 Å². The van der Waals surface area contributed by atoms with Crippen LogP contribution in [-0.2, 0) is 11.3 Å². The van der Waals surface area contributed by atoms with Gasteiger partial charge in [0.25, 0.3) is 0 Å². The lowest BCUT2D eigenvalue weighted by atomic mass is 9.82. The first-order valence-corrected chi connectivity index (χ1v) is 11.5. The Balaban J connectivity index is 1.34. The fourth-order valence-corrected chi connectivity index (χ4v) is 4.47. The molecule has 1 saturated carbocycles. The highest BCUT2D eigenvalue weighted by atomic mass is 19.2. The quantitative estimate of drug-likeness (QED) is 0.364. The van der Waals surface area contributed by atoms with Crippen LogP contribution >= 0.6 is 0 Å². The average molecular weight is 455 g/mol. The zero-order chi connectivity index (χ0) is 23.4. The van der Waals surface area contributed by atoms with Crippen molar-refractivity contribution in [2.75, 3.05) is 6.61 Å². The summed E-state index contributed by atoms with van der Waals surface area (Å²) in [6, 6.07) is 15.7. The van der Waals surface area contributed by atoms with Crippen LogP contribution in [0.3, 0.4) is 0 Å². The first-order valence-electron chi connectivity index (χ1n) is 11.5. The lowest BCUT2D eigenvalue weighted by Gasteiger charge is -2.29. The Labute approximate surface area is 193 Å². The van der Waals surface area contributed by atoms with Gasteiger partial charge >= 0.3 is 0 Å². The van der Waals surface area contributed by atoms with Gasteiger partial charge in [-0.15, -0.1) is 0 Å². The fourth-order valence-electron chi connectivity index (χ4n) is 4.47. The fraction of sp³-hybridized carbons (Fsp3) is 0.357. The Morgan fingerprint density at radius 3 is 2.24 bits per heavy atom. The van der Waals surface area contributed by atoms with Crippen LogP contribution in [0.5, 0.6) is 5.75 Å². The minimum absolute atomic E-state index is 0.0203. The van der Waals surface area contributed by atoms with E-state index in [1.165, 1.54) is 0 Å². The highest BCUT2D eigenvalue weighted by Crippen LogP contribution is 2.36. The van der Waals surface area contributed by atoms with Crippen molar-refractivity contribution in [2.24, 2.45) is 0 Å². The molecule has 0 amide bonds. The normalized spacial score (nSPS) is 18.3. The number of halogens is 3. The SMILES string of the molecule is CCOc1ccc(C2CCC(OCc3ccc(-c4ccc(C)cc4)c(F)c3F)CC2)cc1F. The Kier molecular flexibility index (Phi) is 7.39. The third kappa shape index (κ3) is 5.41. The molecule has 0 bridgehead atoms. The predicted octanol–water partition coefficient (Wildman–Crippen LogP) is 7.72. The minimum Gasteiger partial charge on any atom is -0.491 e. The van der Waals surface area contributed by atoms with Gasteiger partial charge in [0, 0.05) is 11.1 Å². The standard InChI is InChI=1S/C28H29F3O2/c1-3-32-26-15-11-21(16-25(26)29)19-8-12-23(13-9-19)33-17-22-10-14-24(28(31)27(22)30)20-6-4-18(2)5-7-20/h4-7,10-11,14-16,19,23H,3,8-9,12-13,17H2,1-2H3. The maximum atomic E-state index is 14.7. The van der Waals surface area contributed by atoms with Gasteiger partial charge in [0.15, 0.2) is 23.2 Å². The summed E-state index contributed by atoms with van der Waals surface area (Å²) in [4.78, 5) is 0. The van der Waals surface area contributed by atoms with Crippen LogP contribution in [0.1, 0.15) is 55.2 Å². The van der Waals surface area contributed by atoms with Gasteiger partial charge in [-0.2, -0.15) is 0 Å². The lowest BCUT2D eigenvalue weighted by molar-refractivity contribution is 0.0119. The minimum atomic E-state index is -0.855. The van der Waals surface area contributed by atoms with E-state index in [0.717, 1.165) is 36.8 Å². The number of rotatable bonds is 7. The van der Waals surface area contributed by atoms with Gasteiger partial charge in [-0.1, -0.05) is 48.0 Å². The van der Waals surface area contributed by atoms with Crippen LogP contribution in [0, 0.1) is 24.4 Å². The molecule has 0 radical (unpaired) electrons. The second-order valence-corrected chi connectivity index (χ2v) is 8.67. The summed E-state index contributed by atoms with van der Waals surface area (Å²) in [5, 5.41) is 0. The summed E-state index contributed by atoms with van der Waals surface area (Å²) in [5.74, 6) is -1.49. The Hall–Kier alpha value is -2.79. The van der Waals surface area contributed by atoms with Crippen LogP contribution in [0.25, 0.3) is 11.1 Å². The van der Waals surface area contributed by atoms with E-state index in [4.69, 9.17) is 9.47 Å². The van der Waals surface area contributed by atoms with Crippen molar-refractivity contribution >= 4 is 0 Å². The van der Waals surface area contributed by atoms with Gasteiger partial charge in [-0.25, -0.2) is 13.2 Å². The molecule has 1 fully saturated rings. The van der Waals surface area contributed by atoms with Crippen LogP contribution < -0.4 is 4.74 Å². The van der Waals surface area contributed by atoms with E-state index < -0.39 is 11.6 Å². The third-order valence-electron chi connectivity index (χ3n) is 6.40. The number of benzene rings is 3. The molecule has 1 aliphatic carbocycles. The van der Waals surface area contributed by atoms with E-state index in [1.54, 1.807) is 36.4 Å². The van der Waals surface area contributed by atoms with Gasteiger partial charge in [0.05, 0.1) is 19.3 Å². The Morgan fingerprint density at radius 2 is 1.58 bits per heavy atom. The first-order chi connectivity index (χ1) is 16.0. The average Bonchev–Trinajstić information content (AvgIpc) is 2.82. The molecule has 0 aliphatic heterocycles. The molecule has 0 saturated heterocycles. The lowest BCUT2D eigenvalue weighted by Crippen LogP contribution is -2.21. The van der Waals surface area contributed by atoms with Gasteiger partial charge in [-0.3, -0.25) is 0 Å². The van der Waals surface area contributed by atoms with E-state index in [9.17, 15) is 13.2 Å². The molecule has 3 aromatic carbocycles. The molecule has 33 heavy (non-hydrogen) atoms. The molecule has 0 heterocycles. The highest BCUT2D eigenvalue weighted by Gasteiger charge is 2.24. The Morgan fingerprint density at radius 1 is 0.848 bits per heavy atom. The van der Waals surface area contributed by atoms with Crippen molar-refractivity contribution in [2.45, 2.75) is 58.2 Å². The van der Waals surface area contributed by atoms with Crippen molar-refractivity contribution in [1.29, 1.82) is 0 Å². The maximum absolute atomic E-state index is 14.7. The summed E-state index contributed by atoms with van der Waals surface area (Å²) in [6.07, 6.45) is 3.30. The van der Waals surface area contributed by atoms with Gasteiger partial charge < -0.3 is 9.47 Å². The molecule has 0 unspecified atom stereocenters. The number of hydrogen-bond acceptors (Lipinski definition) is 2. The molecule has 3 aromatic rings. The number of ether oxygens (including phenoxy) is 2. The van der Waals surface area contributed by atoms with Crippen molar-refractivity contribution in [1.82, 2.24) is 0 Å². The second kappa shape index (κ2) is 10.4. The molecule has 0 atom stereocenters. The van der Waals surface area contributed by atoms with E-state index in [2.05, 4.69) is 0 Å². The molecule has 5 heteroatoms. The number of hydrogen-bond donors (Lipinski definition) is 0. The Bertz CT molecular complexity index is 1090. The van der Waals surface area contributed by atoms with Crippen LogP contribution in [0.4, 0.5) is 13.2 Å². The monoisotopic (exact) mass is 454 g/mol. The summed E-state index contributed by atoms with van der Waals surface area (Å²) in [7, 11) is 0. The van der Waals surface area contributed by atoms with Crippen LogP contribution in [0.2, 0.25) is 0 Å². The summed E-state index contributed by atoms with van der Waals surface area (Å²) < 4.78 is 54.8. The van der Waals surface area contributed by atoms with Gasteiger partial charge in [0.2, 0.25) is 0 Å². The topological polar surface area (TPSA) is 18.5 Å². The van der Waals surface area contributed by atoms with Crippen LogP contribution in [0.15, 0.2) is 54.6 Å². The zero-order valence-corrected chi connectivity index (χ0v) is 19.0. The van der Waals surface area contributed by atoms with Crippen molar-refractivity contribution in [3.8, 4) is 16.9 Å². The van der Waals surface area contributed by atoms with Gasteiger partial charge in [-0.05, 0) is 68.7 Å². The van der Waals surface area contributed by atoms with Crippen molar-refractivity contribution in [3.05, 3.63) is 88.7 Å². The van der Waals surface area contributed by atoms with Crippen molar-refractivity contribution in [3.63, 3.8) is 0 Å². The number of aryl methyl sites for hydroxylation is 1. The molecular weight excluding hydrogens is 425 g/mol. The van der Waals surface area contributed by atoms with Crippen molar-refractivity contribution < 1.29 is 22.6 Å². The van der Waals surface area contributed by atoms with Gasteiger partial charge in [0.1, 0.15) is 0 Å². The molecule has 0 aromatic heterocycles. The summed E-state index contributed by atoms with van der Waals surface area (Å²) in [6.45, 7) is 4.24. The molecule has 0 spiro atoms. The predicted molar refractivity (Wildman–Crippen MR) is 124 cm³/mol. The molecule has 4 rings (SSSR count). The van der Waals surface area contributed by atoms with Crippen LogP contribution in [-0.4, -0.2) is 12.7 Å². The first kappa shape index (κ1) is 23.4. The smallest absolute Gasteiger partial charge is 0.167 e. The maximum Gasteiger partial charge on any atom is 0.167 e. The highest BCUT2D eigenvalue weighted by molar-refractivity contribution is 5.65.